The Labute approximate surface area is 91.8 Å². The minimum atomic E-state index is -3.02. The zero-order valence-corrected chi connectivity index (χ0v) is 9.77. The fourth-order valence-corrected chi connectivity index (χ4v) is 1.25. The Morgan fingerprint density at radius 2 is 1.73 bits per heavy atom. The Morgan fingerprint density at radius 1 is 1.27 bits per heavy atom. The first-order chi connectivity index (χ1) is 4.61. The molecule has 0 atom stereocenters. The second kappa shape index (κ2) is 4.34. The van der Waals surface area contributed by atoms with Crippen molar-refractivity contribution in [3.63, 3.8) is 0 Å². The number of benzene rings is 1. The molecule has 2 nitrogen and oxygen atoms in total. The van der Waals surface area contributed by atoms with Gasteiger partial charge in [-0.2, -0.15) is 30.3 Å². The van der Waals surface area contributed by atoms with E-state index in [1.807, 2.05) is 0 Å². The van der Waals surface area contributed by atoms with Crippen molar-refractivity contribution in [1.29, 1.82) is 0 Å². The van der Waals surface area contributed by atoms with E-state index in [1.165, 1.54) is 18.4 Å². The van der Waals surface area contributed by atoms with Gasteiger partial charge < -0.3 is 0 Å². The van der Waals surface area contributed by atoms with Crippen LogP contribution in [0.4, 0.5) is 0 Å². The molecule has 0 aliphatic carbocycles. The van der Waals surface area contributed by atoms with Gasteiger partial charge in [-0.3, -0.25) is 0 Å². The Bertz CT molecular complexity index is 304. The molecule has 0 spiro atoms. The average molecular weight is 244 g/mol. The van der Waals surface area contributed by atoms with E-state index in [0.717, 1.165) is 0 Å². The maximum Gasteiger partial charge on any atom is 0.153 e. The Morgan fingerprint density at radius 3 is 2.00 bits per heavy atom. The summed E-state index contributed by atoms with van der Waals surface area (Å²) in [5, 5.41) is 0. The number of hydrogen-bond donors (Lipinski definition) is 0. The summed E-state index contributed by atoms with van der Waals surface area (Å²) in [5.41, 5.74) is 0. The van der Waals surface area contributed by atoms with E-state index in [0.29, 0.717) is 4.90 Å². The van der Waals surface area contributed by atoms with Crippen LogP contribution in [0.1, 0.15) is 0 Å². The van der Waals surface area contributed by atoms with Crippen LogP contribution in [0.25, 0.3) is 0 Å². The number of rotatable bonds is 1. The van der Waals surface area contributed by atoms with Gasteiger partial charge in [0.2, 0.25) is 0 Å². The topological polar surface area (TPSA) is 34.1 Å². The molecule has 0 aliphatic rings. The fourth-order valence-electron chi connectivity index (χ4n) is 0.619. The molecule has 57 valence electrons. The van der Waals surface area contributed by atoms with Crippen LogP contribution in [0.2, 0.25) is 0 Å². The summed E-state index contributed by atoms with van der Waals surface area (Å²) in [4.78, 5) is 0.339. The normalized spacial score (nSPS) is 10.3. The molecular formula is C7H7O2SY-. The Kier molecular flexibility index (Phi) is 4.44. The van der Waals surface area contributed by atoms with Crippen molar-refractivity contribution >= 4 is 9.84 Å². The molecule has 0 aromatic heterocycles. The Balaban J connectivity index is 0.000001000. The van der Waals surface area contributed by atoms with E-state index in [1.54, 1.807) is 12.1 Å². The van der Waals surface area contributed by atoms with Gasteiger partial charge in [-0.25, -0.2) is 8.42 Å². The van der Waals surface area contributed by atoms with Crippen LogP contribution in [0, 0.1) is 6.07 Å². The summed E-state index contributed by atoms with van der Waals surface area (Å²) in [5.74, 6) is 0. The van der Waals surface area contributed by atoms with Crippen molar-refractivity contribution in [2.75, 3.05) is 6.26 Å². The van der Waals surface area contributed by atoms with Crippen molar-refractivity contribution in [3.8, 4) is 0 Å². The molecule has 1 aromatic rings. The zero-order chi connectivity index (χ0) is 7.61. The van der Waals surface area contributed by atoms with Gasteiger partial charge in [-0.05, 0) is 4.90 Å². The van der Waals surface area contributed by atoms with E-state index in [9.17, 15) is 8.42 Å². The maximum atomic E-state index is 10.8. The van der Waals surface area contributed by atoms with E-state index in [2.05, 4.69) is 6.07 Å². The van der Waals surface area contributed by atoms with Crippen LogP contribution < -0.4 is 0 Å². The molecular weight excluding hydrogens is 237 g/mol. The van der Waals surface area contributed by atoms with Crippen molar-refractivity contribution in [3.05, 3.63) is 30.3 Å². The van der Waals surface area contributed by atoms with E-state index < -0.39 is 9.84 Å². The van der Waals surface area contributed by atoms with Crippen LogP contribution in [0.3, 0.4) is 0 Å². The molecule has 0 aliphatic heterocycles. The molecule has 1 rings (SSSR count). The Hall–Kier alpha value is 0.274. The summed E-state index contributed by atoms with van der Waals surface area (Å²) in [6.07, 6.45) is 1.18. The summed E-state index contributed by atoms with van der Waals surface area (Å²) < 4.78 is 21.6. The standard InChI is InChI=1S/C7H7O2S.Y/c1-10(8,9)7-5-3-2-4-6-7;/h3-6H,1H3;/q-1;. The molecule has 0 saturated heterocycles. The van der Waals surface area contributed by atoms with Crippen molar-refractivity contribution in [2.45, 2.75) is 4.90 Å². The summed E-state index contributed by atoms with van der Waals surface area (Å²) in [7, 11) is -3.02. The largest absolute Gasteiger partial charge is 0.226 e. The van der Waals surface area contributed by atoms with Crippen LogP contribution >= 0.6 is 0 Å². The van der Waals surface area contributed by atoms with Crippen LogP contribution in [-0.2, 0) is 42.5 Å². The number of sulfone groups is 1. The molecule has 1 aromatic carbocycles. The SMILES string of the molecule is CS(=O)(=O)c1cc[c-]cc1.[Y]. The van der Waals surface area contributed by atoms with Gasteiger partial charge in [0.25, 0.3) is 0 Å². The third-order valence-corrected chi connectivity index (χ3v) is 2.24. The first-order valence-corrected chi connectivity index (χ1v) is 4.66. The van der Waals surface area contributed by atoms with Gasteiger partial charge in [0.1, 0.15) is 0 Å². The van der Waals surface area contributed by atoms with Gasteiger partial charge >= 0.3 is 0 Å². The second-order valence-corrected chi connectivity index (χ2v) is 4.02. The quantitative estimate of drug-likeness (QED) is 0.687. The monoisotopic (exact) mass is 244 g/mol. The van der Waals surface area contributed by atoms with Gasteiger partial charge in [0.15, 0.2) is 9.84 Å². The third kappa shape index (κ3) is 3.45. The molecule has 1 radical (unpaired) electrons. The molecule has 0 unspecified atom stereocenters. The summed E-state index contributed by atoms with van der Waals surface area (Å²) in [6.45, 7) is 0. The van der Waals surface area contributed by atoms with E-state index in [-0.39, 0.29) is 32.7 Å². The van der Waals surface area contributed by atoms with Crippen molar-refractivity contribution in [2.24, 2.45) is 0 Å². The van der Waals surface area contributed by atoms with Gasteiger partial charge in [-0.1, -0.05) is 0 Å². The summed E-state index contributed by atoms with van der Waals surface area (Å²) >= 11 is 0. The zero-order valence-electron chi connectivity index (χ0n) is 6.11. The van der Waals surface area contributed by atoms with Crippen LogP contribution in [0.15, 0.2) is 29.2 Å². The average Bonchev–Trinajstić information content (AvgIpc) is 1.88. The molecule has 0 heterocycles. The molecule has 0 amide bonds. The van der Waals surface area contributed by atoms with Crippen LogP contribution in [0.5, 0.6) is 0 Å². The molecule has 0 N–H and O–H groups in total. The van der Waals surface area contributed by atoms with Gasteiger partial charge in [0.05, 0.1) is 0 Å². The molecule has 0 saturated carbocycles. The predicted octanol–water partition coefficient (Wildman–Crippen LogP) is 0.888. The molecule has 4 heteroatoms. The number of hydrogen-bond acceptors (Lipinski definition) is 2. The van der Waals surface area contributed by atoms with E-state index in [4.69, 9.17) is 0 Å². The molecule has 0 bridgehead atoms. The van der Waals surface area contributed by atoms with Crippen molar-refractivity contribution < 1.29 is 41.1 Å². The second-order valence-electron chi connectivity index (χ2n) is 2.01. The minimum Gasteiger partial charge on any atom is -0.226 e. The predicted molar refractivity (Wildman–Crippen MR) is 38.4 cm³/mol. The molecule has 11 heavy (non-hydrogen) atoms. The first-order valence-electron chi connectivity index (χ1n) is 2.77. The van der Waals surface area contributed by atoms with E-state index >= 15 is 0 Å². The first kappa shape index (κ1) is 11.3. The third-order valence-electron chi connectivity index (χ3n) is 1.12. The van der Waals surface area contributed by atoms with Gasteiger partial charge in [-0.15, -0.1) is 0 Å². The van der Waals surface area contributed by atoms with Gasteiger partial charge in [0, 0.05) is 39.0 Å². The van der Waals surface area contributed by atoms with Crippen LogP contribution in [-0.4, -0.2) is 14.7 Å². The minimum absolute atomic E-state index is 0. The summed E-state index contributed by atoms with van der Waals surface area (Å²) in [6, 6.07) is 8.95. The molecule has 0 fully saturated rings. The van der Waals surface area contributed by atoms with Crippen molar-refractivity contribution in [1.82, 2.24) is 0 Å². The fraction of sp³-hybridized carbons (Fsp3) is 0.143. The smallest absolute Gasteiger partial charge is 0.153 e. The maximum absolute atomic E-state index is 10.8.